The molecule has 0 fully saturated rings. The molecule has 16 heavy (non-hydrogen) atoms. The molecule has 0 amide bonds. The van der Waals surface area contributed by atoms with Crippen LogP contribution in [-0.4, -0.2) is 5.33 Å². The van der Waals surface area contributed by atoms with Crippen molar-refractivity contribution < 1.29 is 0 Å². The first-order chi connectivity index (χ1) is 7.91. The summed E-state index contributed by atoms with van der Waals surface area (Å²) >= 11 is 3.46. The molecule has 92 valence electrons. The monoisotopic (exact) mass is 284 g/mol. The van der Waals surface area contributed by atoms with Gasteiger partial charge in [0, 0.05) is 11.8 Å². The summed E-state index contributed by atoms with van der Waals surface area (Å²) in [5.41, 5.74) is 0. The predicted molar refractivity (Wildman–Crippen MR) is 77.9 cm³/mol. The van der Waals surface area contributed by atoms with Gasteiger partial charge in [0.25, 0.3) is 0 Å². The first kappa shape index (κ1) is 15.8. The Morgan fingerprint density at radius 1 is 0.875 bits per heavy atom. The Morgan fingerprint density at radius 2 is 1.44 bits per heavy atom. The summed E-state index contributed by atoms with van der Waals surface area (Å²) in [6.45, 7) is 2.00. The highest BCUT2D eigenvalue weighted by molar-refractivity contribution is 9.09. The maximum absolute atomic E-state index is 3.46. The standard InChI is InChI=1S/C15H25Br/c1-2-3-4-5-6-7-8-9-10-11-12-13-14-15-16/h2-3H,6-15H2,1H3. The topological polar surface area (TPSA) is 0 Å². The zero-order valence-electron chi connectivity index (χ0n) is 10.6. The predicted octanol–water partition coefficient (Wildman–Crippen LogP) is 5.47. The molecule has 0 heterocycles. The smallest absolute Gasteiger partial charge is 0.00922 e. The molecule has 1 heteroatoms. The summed E-state index contributed by atoms with van der Waals surface area (Å²) < 4.78 is 0. The van der Waals surface area contributed by atoms with Crippen molar-refractivity contribution in [3.8, 4) is 11.8 Å². The second kappa shape index (κ2) is 14.8. The molecule has 0 N–H and O–H groups in total. The van der Waals surface area contributed by atoms with E-state index in [-0.39, 0.29) is 0 Å². The first-order valence-corrected chi connectivity index (χ1v) is 7.69. The van der Waals surface area contributed by atoms with Crippen LogP contribution in [0, 0.1) is 11.8 Å². The van der Waals surface area contributed by atoms with Gasteiger partial charge in [0.05, 0.1) is 0 Å². The fraction of sp³-hybridized carbons (Fsp3) is 0.733. The number of alkyl halides is 1. The SMILES string of the molecule is CC=CC#CCCCCCCCCCCBr. The Morgan fingerprint density at radius 3 is 2.00 bits per heavy atom. The molecule has 0 aromatic heterocycles. The van der Waals surface area contributed by atoms with E-state index in [1.165, 1.54) is 51.4 Å². The Balaban J connectivity index is 3.02. The molecule has 0 bridgehead atoms. The fourth-order valence-corrected chi connectivity index (χ4v) is 1.98. The van der Waals surface area contributed by atoms with Crippen molar-refractivity contribution >= 4 is 15.9 Å². The van der Waals surface area contributed by atoms with E-state index < -0.39 is 0 Å². The van der Waals surface area contributed by atoms with E-state index in [0.717, 1.165) is 11.8 Å². The molecule has 0 aliphatic heterocycles. The van der Waals surface area contributed by atoms with Crippen LogP contribution in [0.1, 0.15) is 64.7 Å². The van der Waals surface area contributed by atoms with E-state index in [9.17, 15) is 0 Å². The van der Waals surface area contributed by atoms with Gasteiger partial charge in [0.2, 0.25) is 0 Å². The Labute approximate surface area is 110 Å². The summed E-state index contributed by atoms with van der Waals surface area (Å²) in [6, 6.07) is 0. The minimum atomic E-state index is 1.06. The Bertz CT molecular complexity index is 207. The van der Waals surface area contributed by atoms with Crippen molar-refractivity contribution in [2.24, 2.45) is 0 Å². The maximum atomic E-state index is 3.46. The van der Waals surface area contributed by atoms with E-state index >= 15 is 0 Å². The molecule has 0 radical (unpaired) electrons. The molecule has 0 saturated carbocycles. The zero-order valence-corrected chi connectivity index (χ0v) is 12.2. The van der Waals surface area contributed by atoms with Crippen molar-refractivity contribution in [1.29, 1.82) is 0 Å². The number of hydrogen-bond acceptors (Lipinski definition) is 0. The number of hydrogen-bond donors (Lipinski definition) is 0. The lowest BCUT2D eigenvalue weighted by Gasteiger charge is -1.99. The molecular weight excluding hydrogens is 260 g/mol. The molecule has 0 nitrogen and oxygen atoms in total. The quantitative estimate of drug-likeness (QED) is 0.299. The van der Waals surface area contributed by atoms with Crippen LogP contribution >= 0.6 is 15.9 Å². The van der Waals surface area contributed by atoms with Gasteiger partial charge in [-0.15, -0.1) is 0 Å². The number of halogens is 1. The minimum Gasteiger partial charge on any atom is -0.0985 e. The lowest BCUT2D eigenvalue weighted by atomic mass is 10.1. The summed E-state index contributed by atoms with van der Waals surface area (Å²) in [7, 11) is 0. The van der Waals surface area contributed by atoms with Crippen molar-refractivity contribution in [3.05, 3.63) is 12.2 Å². The molecule has 0 unspecified atom stereocenters. The summed E-state index contributed by atoms with van der Waals surface area (Å²) in [6.07, 6.45) is 15.9. The third-order valence-corrected chi connectivity index (χ3v) is 3.10. The zero-order chi connectivity index (χ0) is 11.9. The Kier molecular flexibility index (Phi) is 14.6. The van der Waals surface area contributed by atoms with Crippen molar-refractivity contribution in [1.82, 2.24) is 0 Å². The second-order valence-electron chi connectivity index (χ2n) is 4.09. The van der Waals surface area contributed by atoms with Gasteiger partial charge in [-0.3, -0.25) is 0 Å². The normalized spacial score (nSPS) is 10.4. The summed E-state index contributed by atoms with van der Waals surface area (Å²) in [5, 5.41) is 1.16. The molecular formula is C15H25Br. The molecule has 0 aliphatic rings. The fourth-order valence-electron chi connectivity index (χ4n) is 1.58. The van der Waals surface area contributed by atoms with E-state index in [1.807, 2.05) is 19.1 Å². The van der Waals surface area contributed by atoms with E-state index in [2.05, 4.69) is 27.8 Å². The minimum absolute atomic E-state index is 1.06. The molecule has 0 aliphatic carbocycles. The second-order valence-corrected chi connectivity index (χ2v) is 4.88. The highest BCUT2D eigenvalue weighted by Crippen LogP contribution is 2.09. The molecule has 0 aromatic carbocycles. The molecule has 0 atom stereocenters. The van der Waals surface area contributed by atoms with Crippen molar-refractivity contribution in [2.75, 3.05) is 5.33 Å². The third-order valence-electron chi connectivity index (χ3n) is 2.54. The van der Waals surface area contributed by atoms with Crippen molar-refractivity contribution in [2.45, 2.75) is 64.7 Å². The molecule has 0 spiro atoms. The maximum Gasteiger partial charge on any atom is 0.00922 e. The summed E-state index contributed by atoms with van der Waals surface area (Å²) in [4.78, 5) is 0. The third kappa shape index (κ3) is 13.8. The Hall–Kier alpha value is -0.220. The van der Waals surface area contributed by atoms with Gasteiger partial charge in [0.1, 0.15) is 0 Å². The highest BCUT2D eigenvalue weighted by Gasteiger charge is 1.91. The van der Waals surface area contributed by atoms with E-state index in [4.69, 9.17) is 0 Å². The van der Waals surface area contributed by atoms with Crippen molar-refractivity contribution in [3.63, 3.8) is 0 Å². The largest absolute Gasteiger partial charge is 0.0985 e. The lowest BCUT2D eigenvalue weighted by Crippen LogP contribution is -1.81. The van der Waals surface area contributed by atoms with Crippen LogP contribution in [0.4, 0.5) is 0 Å². The van der Waals surface area contributed by atoms with Gasteiger partial charge in [-0.2, -0.15) is 0 Å². The van der Waals surface area contributed by atoms with E-state index in [1.54, 1.807) is 0 Å². The van der Waals surface area contributed by atoms with Crippen LogP contribution in [-0.2, 0) is 0 Å². The number of allylic oxidation sites excluding steroid dienone is 2. The average molecular weight is 285 g/mol. The summed E-state index contributed by atoms with van der Waals surface area (Å²) in [5.74, 6) is 6.19. The van der Waals surface area contributed by atoms with Gasteiger partial charge in [-0.05, 0) is 25.8 Å². The van der Waals surface area contributed by atoms with Gasteiger partial charge < -0.3 is 0 Å². The molecule has 0 aromatic rings. The lowest BCUT2D eigenvalue weighted by molar-refractivity contribution is 0.580. The van der Waals surface area contributed by atoms with Crippen LogP contribution in [0.2, 0.25) is 0 Å². The molecule has 0 saturated heterocycles. The van der Waals surface area contributed by atoms with Crippen LogP contribution in [0.5, 0.6) is 0 Å². The van der Waals surface area contributed by atoms with Crippen LogP contribution < -0.4 is 0 Å². The molecule has 0 rings (SSSR count). The van der Waals surface area contributed by atoms with Gasteiger partial charge in [-0.25, -0.2) is 0 Å². The van der Waals surface area contributed by atoms with Gasteiger partial charge >= 0.3 is 0 Å². The number of unbranched alkanes of at least 4 members (excludes halogenated alkanes) is 8. The van der Waals surface area contributed by atoms with E-state index in [0.29, 0.717) is 0 Å². The van der Waals surface area contributed by atoms with Gasteiger partial charge in [-0.1, -0.05) is 72.4 Å². The van der Waals surface area contributed by atoms with Gasteiger partial charge in [0.15, 0.2) is 0 Å². The first-order valence-electron chi connectivity index (χ1n) is 6.57. The van der Waals surface area contributed by atoms with Crippen LogP contribution in [0.15, 0.2) is 12.2 Å². The highest BCUT2D eigenvalue weighted by atomic mass is 79.9. The van der Waals surface area contributed by atoms with Crippen LogP contribution in [0.3, 0.4) is 0 Å². The van der Waals surface area contributed by atoms with Crippen LogP contribution in [0.25, 0.3) is 0 Å². The average Bonchev–Trinajstić information content (AvgIpc) is 2.31. The number of rotatable bonds is 9.